The highest BCUT2D eigenvalue weighted by atomic mass is 16.5. The highest BCUT2D eigenvalue weighted by Gasteiger charge is 2.42. The van der Waals surface area contributed by atoms with Crippen LogP contribution < -0.4 is 10.1 Å². The molecule has 2 amide bonds. The van der Waals surface area contributed by atoms with Gasteiger partial charge in [0.25, 0.3) is 0 Å². The van der Waals surface area contributed by atoms with Crippen molar-refractivity contribution in [2.24, 2.45) is 0 Å². The summed E-state index contributed by atoms with van der Waals surface area (Å²) in [6.07, 6.45) is 4.75. The van der Waals surface area contributed by atoms with Crippen molar-refractivity contribution in [3.8, 4) is 5.75 Å². The van der Waals surface area contributed by atoms with Crippen LogP contribution in [0.1, 0.15) is 37.2 Å². The van der Waals surface area contributed by atoms with E-state index in [-0.39, 0.29) is 12.1 Å². The molecule has 1 saturated carbocycles. The second-order valence-corrected chi connectivity index (χ2v) is 7.27. The van der Waals surface area contributed by atoms with Crippen LogP contribution in [0.3, 0.4) is 0 Å². The second-order valence-electron chi connectivity index (χ2n) is 7.27. The topological polar surface area (TPSA) is 44.8 Å². The molecule has 130 valence electrons. The Bertz CT molecular complexity index is 600. The fourth-order valence-corrected chi connectivity index (χ4v) is 4.25. The molecule has 2 aliphatic heterocycles. The van der Waals surface area contributed by atoms with Crippen LogP contribution in [0.25, 0.3) is 0 Å². The summed E-state index contributed by atoms with van der Waals surface area (Å²) in [4.78, 5) is 17.1. The summed E-state index contributed by atoms with van der Waals surface area (Å²) in [5.41, 5.74) is 1.21. The predicted octanol–water partition coefficient (Wildman–Crippen LogP) is 2.43. The van der Waals surface area contributed by atoms with Crippen LogP contribution in [0, 0.1) is 0 Å². The second kappa shape index (κ2) is 6.63. The van der Waals surface area contributed by atoms with Gasteiger partial charge >= 0.3 is 6.03 Å². The lowest BCUT2D eigenvalue weighted by atomic mass is 10.1. The summed E-state index contributed by atoms with van der Waals surface area (Å²) >= 11 is 0. The minimum absolute atomic E-state index is 0.110. The Hall–Kier alpha value is -1.75. The fraction of sp³-hybridized carbons (Fsp3) is 0.632. The van der Waals surface area contributed by atoms with Crippen molar-refractivity contribution in [1.82, 2.24) is 15.1 Å². The molecule has 1 aliphatic carbocycles. The van der Waals surface area contributed by atoms with E-state index in [1.807, 2.05) is 23.1 Å². The van der Waals surface area contributed by atoms with Crippen LogP contribution in [-0.2, 0) is 0 Å². The molecule has 5 heteroatoms. The van der Waals surface area contributed by atoms with Crippen molar-refractivity contribution in [3.63, 3.8) is 0 Å². The van der Waals surface area contributed by atoms with Gasteiger partial charge in [-0.3, -0.25) is 4.90 Å². The van der Waals surface area contributed by atoms with Gasteiger partial charge in [-0.1, -0.05) is 18.2 Å². The first kappa shape index (κ1) is 15.8. The molecular formula is C19H27N3O2. The third-order valence-corrected chi connectivity index (χ3v) is 5.75. The molecule has 2 heterocycles. The summed E-state index contributed by atoms with van der Waals surface area (Å²) in [7, 11) is 1.71. The predicted molar refractivity (Wildman–Crippen MR) is 93.5 cm³/mol. The summed E-state index contributed by atoms with van der Waals surface area (Å²) < 4.78 is 5.44. The maximum absolute atomic E-state index is 12.6. The monoisotopic (exact) mass is 329 g/mol. The molecule has 1 aromatic rings. The maximum Gasteiger partial charge on any atom is 0.317 e. The molecule has 1 aromatic carbocycles. The Kier molecular flexibility index (Phi) is 4.35. The molecule has 0 spiro atoms. The molecule has 3 aliphatic rings. The summed E-state index contributed by atoms with van der Waals surface area (Å²) in [6, 6.07) is 9.06. The van der Waals surface area contributed by atoms with Crippen LogP contribution in [0.2, 0.25) is 0 Å². The van der Waals surface area contributed by atoms with Gasteiger partial charge < -0.3 is 15.0 Å². The first-order chi connectivity index (χ1) is 11.8. The van der Waals surface area contributed by atoms with Crippen molar-refractivity contribution in [1.29, 1.82) is 0 Å². The van der Waals surface area contributed by atoms with E-state index in [1.165, 1.54) is 31.5 Å². The molecule has 4 rings (SSSR count). The van der Waals surface area contributed by atoms with E-state index in [9.17, 15) is 4.79 Å². The van der Waals surface area contributed by atoms with Crippen molar-refractivity contribution in [3.05, 3.63) is 29.8 Å². The Morgan fingerprint density at radius 3 is 2.79 bits per heavy atom. The van der Waals surface area contributed by atoms with Crippen molar-refractivity contribution in [2.75, 3.05) is 33.3 Å². The number of likely N-dealkylation sites (tertiary alicyclic amines) is 2. The number of hydrogen-bond donors (Lipinski definition) is 1. The van der Waals surface area contributed by atoms with Gasteiger partial charge in [-0.2, -0.15) is 0 Å². The third kappa shape index (κ3) is 3.09. The van der Waals surface area contributed by atoms with Crippen LogP contribution in [0.15, 0.2) is 24.3 Å². The SMILES string of the molecule is COc1ccccc1C1CC1NC(=O)N1CCC(N2CCCC2)C1. The summed E-state index contributed by atoms with van der Waals surface area (Å²) in [5.74, 6) is 1.32. The molecule has 24 heavy (non-hydrogen) atoms. The van der Waals surface area contributed by atoms with Gasteiger partial charge in [0.05, 0.1) is 7.11 Å². The number of nitrogens with zero attached hydrogens (tertiary/aromatic N) is 2. The summed E-state index contributed by atoms with van der Waals surface area (Å²) in [6.45, 7) is 4.19. The number of carbonyl (C=O) groups excluding carboxylic acids is 1. The van der Waals surface area contributed by atoms with E-state index < -0.39 is 0 Å². The number of benzene rings is 1. The molecule has 0 bridgehead atoms. The van der Waals surface area contributed by atoms with Crippen molar-refractivity contribution >= 4 is 6.03 Å². The first-order valence-corrected chi connectivity index (χ1v) is 9.18. The van der Waals surface area contributed by atoms with Crippen LogP contribution in [-0.4, -0.2) is 61.2 Å². The van der Waals surface area contributed by atoms with Gasteiger partial charge in [-0.05, 0) is 50.4 Å². The zero-order chi connectivity index (χ0) is 16.5. The molecular weight excluding hydrogens is 302 g/mol. The molecule has 3 atom stereocenters. The number of rotatable bonds is 4. The number of para-hydroxylation sites is 1. The summed E-state index contributed by atoms with van der Waals surface area (Å²) in [5, 5.41) is 3.22. The average Bonchev–Trinajstić information content (AvgIpc) is 3.03. The van der Waals surface area contributed by atoms with Gasteiger partial charge in [0.1, 0.15) is 5.75 Å². The number of urea groups is 1. The van der Waals surface area contributed by atoms with Gasteiger partial charge in [-0.25, -0.2) is 4.79 Å². The van der Waals surface area contributed by atoms with Crippen molar-refractivity contribution in [2.45, 2.75) is 43.7 Å². The molecule has 5 nitrogen and oxygen atoms in total. The standard InChI is InChI=1S/C19H27N3O2/c1-24-18-7-3-2-6-15(18)16-12-17(16)20-19(23)22-11-8-14(13-22)21-9-4-5-10-21/h2-3,6-7,14,16-17H,4-5,8-13H2,1H3,(H,20,23). The van der Waals surface area contributed by atoms with Gasteiger partial charge in [0.2, 0.25) is 0 Å². The largest absolute Gasteiger partial charge is 0.496 e. The molecule has 3 unspecified atom stereocenters. The van der Waals surface area contributed by atoms with Crippen LogP contribution in [0.5, 0.6) is 5.75 Å². The molecule has 0 radical (unpaired) electrons. The van der Waals surface area contributed by atoms with Gasteiger partial charge in [0.15, 0.2) is 0 Å². The molecule has 2 saturated heterocycles. The number of methoxy groups -OCH3 is 1. The van der Waals surface area contributed by atoms with E-state index in [1.54, 1.807) is 7.11 Å². The Balaban J connectivity index is 1.30. The zero-order valence-corrected chi connectivity index (χ0v) is 14.4. The van der Waals surface area contributed by atoms with E-state index in [2.05, 4.69) is 16.3 Å². The Labute approximate surface area is 144 Å². The number of amides is 2. The maximum atomic E-state index is 12.6. The lowest BCUT2D eigenvalue weighted by Crippen LogP contribution is -2.42. The highest BCUT2D eigenvalue weighted by molar-refractivity contribution is 5.75. The fourth-order valence-electron chi connectivity index (χ4n) is 4.25. The van der Waals surface area contributed by atoms with E-state index in [0.717, 1.165) is 31.7 Å². The minimum Gasteiger partial charge on any atom is -0.496 e. The van der Waals surface area contributed by atoms with E-state index in [4.69, 9.17) is 4.74 Å². The third-order valence-electron chi connectivity index (χ3n) is 5.75. The lowest BCUT2D eigenvalue weighted by molar-refractivity contribution is 0.198. The Morgan fingerprint density at radius 2 is 2.00 bits per heavy atom. The number of hydrogen-bond acceptors (Lipinski definition) is 3. The quantitative estimate of drug-likeness (QED) is 0.923. The number of nitrogens with one attached hydrogen (secondary N) is 1. The lowest BCUT2D eigenvalue weighted by Gasteiger charge is -2.23. The van der Waals surface area contributed by atoms with E-state index >= 15 is 0 Å². The molecule has 0 aromatic heterocycles. The zero-order valence-electron chi connectivity index (χ0n) is 14.4. The van der Waals surface area contributed by atoms with Gasteiger partial charge in [-0.15, -0.1) is 0 Å². The van der Waals surface area contributed by atoms with Crippen LogP contribution in [0.4, 0.5) is 4.79 Å². The highest BCUT2D eigenvalue weighted by Crippen LogP contribution is 2.44. The molecule has 3 fully saturated rings. The van der Waals surface area contributed by atoms with E-state index in [0.29, 0.717) is 12.0 Å². The minimum atomic E-state index is 0.110. The molecule has 1 N–H and O–H groups in total. The Morgan fingerprint density at radius 1 is 1.21 bits per heavy atom. The van der Waals surface area contributed by atoms with Crippen LogP contribution >= 0.6 is 0 Å². The van der Waals surface area contributed by atoms with Crippen molar-refractivity contribution < 1.29 is 9.53 Å². The first-order valence-electron chi connectivity index (χ1n) is 9.18. The van der Waals surface area contributed by atoms with Gasteiger partial charge in [0, 0.05) is 31.1 Å². The average molecular weight is 329 g/mol. The number of carbonyl (C=O) groups is 1. The normalized spacial score (nSPS) is 29.7. The smallest absolute Gasteiger partial charge is 0.317 e. The number of ether oxygens (including phenoxy) is 1.